The van der Waals surface area contributed by atoms with Crippen molar-refractivity contribution in [3.8, 4) is 5.75 Å². The summed E-state index contributed by atoms with van der Waals surface area (Å²) in [5.41, 5.74) is 10.9. The van der Waals surface area contributed by atoms with Gasteiger partial charge in [0.2, 0.25) is 0 Å². The standard InChI is InChI=1S/C67H56N8O/c1-8-23-49(24-9-1)41-51-46-73-40-39-60(52-44-68-74(47-52)45-50-25-22-38-59(42-50)76-62(51)48-73)61-43-63(70-66(53-26-10-2-11-27-53,54-28-12-3-13-29-54)55-30-14-4-15-31-55)69-65-64(61)71-72-75(65)67(56-32-16-5-17-33-56,57-34-18-6-19-35-57)58-36-20-7-21-37-58/h1-39,42-44,47,51,62H,40-41,45-46,48H2,(H,69,70)/b60-39+/t51-,62+/m0/s1. The van der Waals surface area contributed by atoms with Crippen LogP contribution in [0, 0.1) is 5.92 Å². The van der Waals surface area contributed by atoms with E-state index in [1.165, 1.54) is 5.56 Å². The lowest BCUT2D eigenvalue weighted by Gasteiger charge is -2.38. The predicted molar refractivity (Wildman–Crippen MR) is 302 cm³/mol. The Labute approximate surface area is 443 Å². The van der Waals surface area contributed by atoms with Gasteiger partial charge in [-0.25, -0.2) is 9.67 Å². The number of hydrogen-bond donors (Lipinski definition) is 1. The normalized spacial score (nSPS) is 17.3. The lowest BCUT2D eigenvalue weighted by molar-refractivity contribution is 0.168. The molecule has 1 unspecified atom stereocenters. The van der Waals surface area contributed by atoms with E-state index in [2.05, 4.69) is 270 Å². The van der Waals surface area contributed by atoms with Crippen LogP contribution in [0.3, 0.4) is 0 Å². The fraction of sp³-hybridized carbons (Fsp3) is 0.134. The summed E-state index contributed by atoms with van der Waals surface area (Å²) in [6.45, 7) is 2.89. The van der Waals surface area contributed by atoms with Gasteiger partial charge in [0.1, 0.15) is 34.3 Å². The summed E-state index contributed by atoms with van der Waals surface area (Å²) < 4.78 is 11.0. The maximum absolute atomic E-state index is 6.97. The minimum atomic E-state index is -1.01. The topological polar surface area (TPSA) is 85.9 Å². The van der Waals surface area contributed by atoms with Gasteiger partial charge in [-0.05, 0) is 74.7 Å². The Balaban J connectivity index is 1.07. The first kappa shape index (κ1) is 46.6. The number of aromatic nitrogens is 6. The number of hydrogen-bond acceptors (Lipinski definition) is 7. The number of nitrogens with one attached hydrogen (secondary N) is 1. The van der Waals surface area contributed by atoms with Gasteiger partial charge in [-0.1, -0.05) is 236 Å². The minimum absolute atomic E-state index is 0.00441. The summed E-state index contributed by atoms with van der Waals surface area (Å²) in [5.74, 6) is 1.81. The molecule has 6 bridgehead atoms. The number of fused-ring (bicyclic) bond motifs is 7. The highest BCUT2D eigenvalue weighted by molar-refractivity contribution is 5.94. The fourth-order valence-electron chi connectivity index (χ4n) is 11.9. The first-order chi connectivity index (χ1) is 37.6. The Bertz CT molecular complexity index is 3560. The molecule has 9 heteroatoms. The molecule has 8 aromatic carbocycles. The molecule has 0 aliphatic carbocycles. The number of pyridine rings is 1. The molecule has 9 nitrogen and oxygen atoms in total. The van der Waals surface area contributed by atoms with E-state index in [0.717, 1.165) is 80.9 Å². The van der Waals surface area contributed by atoms with Crippen molar-refractivity contribution in [2.45, 2.75) is 30.1 Å². The van der Waals surface area contributed by atoms with Crippen LogP contribution in [0.1, 0.15) is 55.6 Å². The maximum atomic E-state index is 6.97. The van der Waals surface area contributed by atoms with Crippen LogP contribution in [0.5, 0.6) is 5.75 Å². The van der Waals surface area contributed by atoms with Gasteiger partial charge >= 0.3 is 0 Å². The lowest BCUT2D eigenvalue weighted by Crippen LogP contribution is -2.39. The van der Waals surface area contributed by atoms with Gasteiger partial charge in [0.15, 0.2) is 5.65 Å². The van der Waals surface area contributed by atoms with E-state index >= 15 is 0 Å². The summed E-state index contributed by atoms with van der Waals surface area (Å²) in [4.78, 5) is 8.32. The zero-order valence-electron chi connectivity index (χ0n) is 42.1. The first-order valence-electron chi connectivity index (χ1n) is 26.3. The smallest absolute Gasteiger partial charge is 0.182 e. The van der Waals surface area contributed by atoms with Gasteiger partial charge in [-0.15, -0.1) is 5.10 Å². The van der Waals surface area contributed by atoms with Gasteiger partial charge in [-0.2, -0.15) is 5.10 Å². The van der Waals surface area contributed by atoms with Crippen molar-refractivity contribution < 1.29 is 4.74 Å². The second-order valence-corrected chi connectivity index (χ2v) is 20.0. The average Bonchev–Trinajstić information content (AvgIpc) is 4.28. The van der Waals surface area contributed by atoms with Gasteiger partial charge < -0.3 is 10.1 Å². The zero-order valence-corrected chi connectivity index (χ0v) is 42.1. The second kappa shape index (κ2) is 20.3. The molecule has 13 rings (SSSR count). The minimum Gasteiger partial charge on any atom is -0.489 e. The van der Waals surface area contributed by atoms with E-state index in [9.17, 15) is 0 Å². The molecule has 1 fully saturated rings. The van der Waals surface area contributed by atoms with Crippen molar-refractivity contribution in [1.29, 1.82) is 0 Å². The van der Waals surface area contributed by atoms with E-state index in [-0.39, 0.29) is 12.0 Å². The summed E-state index contributed by atoms with van der Waals surface area (Å²) in [5, 5.41) is 19.8. The van der Waals surface area contributed by atoms with Crippen LogP contribution in [-0.4, -0.2) is 60.4 Å². The molecule has 1 N–H and O–H groups in total. The molecule has 2 aliphatic rings. The average molecular weight is 989 g/mol. The fourth-order valence-corrected chi connectivity index (χ4v) is 11.9. The quantitative estimate of drug-likeness (QED) is 0.122. The Morgan fingerprint density at radius 1 is 0.566 bits per heavy atom. The Hall–Kier alpha value is -9.18. The molecule has 11 aromatic rings. The monoisotopic (exact) mass is 988 g/mol. The lowest BCUT2D eigenvalue weighted by atomic mass is 9.77. The van der Waals surface area contributed by atoms with Crippen LogP contribution in [0.4, 0.5) is 5.82 Å². The number of nitrogens with zero attached hydrogens (tertiary/aromatic N) is 7. The van der Waals surface area contributed by atoms with Gasteiger partial charge in [0.25, 0.3) is 0 Å². The Kier molecular flexibility index (Phi) is 12.4. The summed E-state index contributed by atoms with van der Waals surface area (Å²) in [6, 6.07) is 85.5. The van der Waals surface area contributed by atoms with Crippen LogP contribution < -0.4 is 10.1 Å². The number of anilines is 1. The van der Waals surface area contributed by atoms with Crippen molar-refractivity contribution in [2.24, 2.45) is 5.92 Å². The van der Waals surface area contributed by atoms with Crippen molar-refractivity contribution in [3.63, 3.8) is 0 Å². The predicted octanol–water partition coefficient (Wildman–Crippen LogP) is 12.7. The van der Waals surface area contributed by atoms with Gasteiger partial charge in [-0.3, -0.25) is 9.58 Å². The first-order valence-corrected chi connectivity index (χ1v) is 26.3. The SMILES string of the molecule is C1=C(/c2cc(NC(c3ccccc3)(c3ccccc3)c3ccccc3)nc3c2nnn3C(c2ccccc2)(c2ccccc2)c2ccccc2)c2cnn(c2)Cc2cccc(c2)O[C@@H]2CN(C/1)C[C@@H]2Cc1ccccc1. The molecule has 0 saturated carbocycles. The molecule has 3 aromatic heterocycles. The largest absolute Gasteiger partial charge is 0.489 e. The number of ether oxygens (including phenoxy) is 1. The summed E-state index contributed by atoms with van der Waals surface area (Å²) >= 11 is 0. The molecular formula is C67H56N8O. The van der Waals surface area contributed by atoms with Crippen molar-refractivity contribution >= 4 is 22.6 Å². The molecule has 76 heavy (non-hydrogen) atoms. The Morgan fingerprint density at radius 2 is 1.11 bits per heavy atom. The van der Waals surface area contributed by atoms with Crippen LogP contribution >= 0.6 is 0 Å². The molecular weight excluding hydrogens is 933 g/mol. The van der Waals surface area contributed by atoms with Crippen LogP contribution in [0.2, 0.25) is 0 Å². The summed E-state index contributed by atoms with van der Waals surface area (Å²) in [6.07, 6.45) is 7.43. The van der Waals surface area contributed by atoms with Gasteiger partial charge in [0.05, 0.1) is 12.7 Å². The zero-order chi connectivity index (χ0) is 50.7. The van der Waals surface area contributed by atoms with E-state index in [1.807, 2.05) is 10.9 Å². The van der Waals surface area contributed by atoms with Crippen LogP contribution in [-0.2, 0) is 24.0 Å². The van der Waals surface area contributed by atoms with E-state index in [1.54, 1.807) is 0 Å². The maximum Gasteiger partial charge on any atom is 0.182 e. The van der Waals surface area contributed by atoms with Crippen LogP contribution in [0.25, 0.3) is 16.7 Å². The highest BCUT2D eigenvalue weighted by atomic mass is 16.5. The third kappa shape index (κ3) is 8.64. The third-order valence-corrected chi connectivity index (χ3v) is 15.4. The second-order valence-electron chi connectivity index (χ2n) is 20.0. The Morgan fingerprint density at radius 3 is 1.67 bits per heavy atom. The summed E-state index contributed by atoms with van der Waals surface area (Å²) in [7, 11) is 0. The van der Waals surface area contributed by atoms with E-state index < -0.39 is 11.1 Å². The molecule has 0 spiro atoms. The van der Waals surface area contributed by atoms with Crippen molar-refractivity contribution in [2.75, 3.05) is 25.0 Å². The van der Waals surface area contributed by atoms with E-state index in [0.29, 0.717) is 30.1 Å². The molecule has 5 heterocycles. The molecule has 0 radical (unpaired) electrons. The van der Waals surface area contributed by atoms with Crippen molar-refractivity contribution in [3.05, 3.63) is 317 Å². The van der Waals surface area contributed by atoms with Crippen molar-refractivity contribution in [1.82, 2.24) is 34.7 Å². The van der Waals surface area contributed by atoms with E-state index in [4.69, 9.17) is 25.1 Å². The third-order valence-electron chi connectivity index (χ3n) is 15.4. The highest BCUT2D eigenvalue weighted by Crippen LogP contribution is 2.45. The molecule has 1 saturated heterocycles. The number of rotatable bonds is 12. The van der Waals surface area contributed by atoms with Crippen LogP contribution in [0.15, 0.2) is 261 Å². The highest BCUT2D eigenvalue weighted by Gasteiger charge is 2.43. The molecule has 3 atom stereocenters. The molecule has 0 amide bonds. The van der Waals surface area contributed by atoms with Gasteiger partial charge in [0, 0.05) is 42.9 Å². The number of benzene rings is 8. The molecule has 2 aliphatic heterocycles. The molecule has 370 valence electrons.